The first kappa shape index (κ1) is 17.9. The molecule has 0 spiro atoms. The van der Waals surface area contributed by atoms with Crippen molar-refractivity contribution in [2.75, 3.05) is 0 Å². The van der Waals surface area contributed by atoms with Crippen LogP contribution in [0.3, 0.4) is 0 Å². The van der Waals surface area contributed by atoms with Crippen LogP contribution >= 0.6 is 0 Å². The third-order valence-electron chi connectivity index (χ3n) is 6.29. The third-order valence-corrected chi connectivity index (χ3v) is 7.16. The molecule has 3 N–H and O–H groups in total. The Morgan fingerprint density at radius 2 is 0.739 bits per heavy atom. The van der Waals surface area contributed by atoms with Crippen molar-refractivity contribution in [1.29, 1.82) is 0 Å². The highest BCUT2D eigenvalue weighted by Crippen LogP contribution is 2.23. The molecule has 23 heavy (non-hydrogen) atoms. The van der Waals surface area contributed by atoms with Crippen LogP contribution in [0.5, 0.6) is 0 Å². The predicted octanol–water partition coefficient (Wildman–Crippen LogP) is 2.73. The van der Waals surface area contributed by atoms with E-state index in [4.69, 9.17) is 0 Å². The Balaban J connectivity index is 1.59. The molecule has 0 atom stereocenters. The summed E-state index contributed by atoms with van der Waals surface area (Å²) in [6.45, 7) is 0. The molecular formula is C19H39N3Si. The van der Waals surface area contributed by atoms with Crippen LogP contribution < -0.4 is 16.0 Å². The van der Waals surface area contributed by atoms with E-state index in [2.05, 4.69) is 16.0 Å². The van der Waals surface area contributed by atoms with Crippen molar-refractivity contribution in [3.05, 3.63) is 0 Å². The second-order valence-electron chi connectivity index (χ2n) is 8.56. The maximum atomic E-state index is 4.07. The Labute approximate surface area is 146 Å². The first-order valence-electron chi connectivity index (χ1n) is 10.6. The molecule has 3 saturated carbocycles. The Bertz CT molecular complexity index is 281. The van der Waals surface area contributed by atoms with Gasteiger partial charge in [0.25, 0.3) is 0 Å². The summed E-state index contributed by atoms with van der Waals surface area (Å²) in [6.07, 6.45) is 21.1. The van der Waals surface area contributed by atoms with Gasteiger partial charge < -0.3 is 0 Å². The van der Waals surface area contributed by atoms with Crippen LogP contribution in [-0.2, 0) is 0 Å². The van der Waals surface area contributed by atoms with Gasteiger partial charge in [0.2, 0.25) is 0 Å². The molecule has 0 aromatic carbocycles. The predicted molar refractivity (Wildman–Crippen MR) is 103 cm³/mol. The van der Waals surface area contributed by atoms with Gasteiger partial charge in [-0.25, -0.2) is 0 Å². The van der Waals surface area contributed by atoms with Crippen molar-refractivity contribution in [3.63, 3.8) is 0 Å². The van der Waals surface area contributed by atoms with Gasteiger partial charge in [0.1, 0.15) is 0 Å². The van der Waals surface area contributed by atoms with Crippen molar-refractivity contribution in [1.82, 2.24) is 16.0 Å². The van der Waals surface area contributed by atoms with Crippen molar-refractivity contribution < 1.29 is 0 Å². The van der Waals surface area contributed by atoms with E-state index in [1.54, 1.807) is 0 Å². The maximum absolute atomic E-state index is 4.07. The molecule has 134 valence electrons. The standard InChI is InChI=1S/C19H39N3Si/c23-19(20-16-10-4-1-5-11-16,21-17-12-6-2-7-13-17)22-18-14-8-3-9-15-18/h16-18,20-22H,1-15H2,23H3. The lowest BCUT2D eigenvalue weighted by molar-refractivity contribution is 0.173. The quantitative estimate of drug-likeness (QED) is 0.515. The van der Waals surface area contributed by atoms with Gasteiger partial charge in [0.05, 0.1) is 15.7 Å². The Kier molecular flexibility index (Phi) is 6.99. The highest BCUT2D eigenvalue weighted by Gasteiger charge is 2.32. The van der Waals surface area contributed by atoms with Crippen LogP contribution in [0.2, 0.25) is 0 Å². The van der Waals surface area contributed by atoms with E-state index in [0.29, 0.717) is 0 Å². The van der Waals surface area contributed by atoms with Gasteiger partial charge in [0, 0.05) is 18.1 Å². The number of hydrogen-bond donors (Lipinski definition) is 3. The lowest BCUT2D eigenvalue weighted by Crippen LogP contribution is -2.73. The van der Waals surface area contributed by atoms with Crippen molar-refractivity contribution in [2.45, 2.75) is 120 Å². The van der Waals surface area contributed by atoms with Crippen molar-refractivity contribution >= 4 is 10.2 Å². The minimum atomic E-state index is 0.0615. The Morgan fingerprint density at radius 1 is 0.478 bits per heavy atom. The van der Waals surface area contributed by atoms with Crippen LogP contribution in [0.15, 0.2) is 0 Å². The van der Waals surface area contributed by atoms with E-state index in [-0.39, 0.29) is 5.41 Å². The second kappa shape index (κ2) is 8.98. The molecule has 0 saturated heterocycles. The lowest BCUT2D eigenvalue weighted by Gasteiger charge is -2.44. The Morgan fingerprint density at radius 3 is 1.00 bits per heavy atom. The number of hydrogen-bond acceptors (Lipinski definition) is 3. The second-order valence-corrected chi connectivity index (χ2v) is 10.1. The largest absolute Gasteiger partial charge is 0.288 e. The SMILES string of the molecule is [SiH3]C(NC1CCCCC1)(NC1CCCCC1)NC1CCCCC1. The molecule has 3 aliphatic carbocycles. The van der Waals surface area contributed by atoms with Gasteiger partial charge in [-0.2, -0.15) is 0 Å². The molecule has 0 aliphatic heterocycles. The van der Waals surface area contributed by atoms with Crippen LogP contribution in [0, 0.1) is 0 Å². The normalized spacial score (nSPS) is 26.6. The zero-order valence-electron chi connectivity index (χ0n) is 15.3. The summed E-state index contributed by atoms with van der Waals surface area (Å²) in [5, 5.41) is 12.2. The average Bonchev–Trinajstić information content (AvgIpc) is 2.57. The van der Waals surface area contributed by atoms with Crippen molar-refractivity contribution in [2.24, 2.45) is 0 Å². The highest BCUT2D eigenvalue weighted by atomic mass is 28.1. The number of rotatable bonds is 6. The smallest absolute Gasteiger partial charge is 0.0977 e. The van der Waals surface area contributed by atoms with E-state index >= 15 is 0 Å². The zero-order valence-corrected chi connectivity index (χ0v) is 17.3. The zero-order chi connectivity index (χ0) is 16.0. The molecule has 0 amide bonds. The average molecular weight is 338 g/mol. The molecule has 3 rings (SSSR count). The van der Waals surface area contributed by atoms with E-state index in [0.717, 1.165) is 28.4 Å². The first-order valence-corrected chi connectivity index (χ1v) is 11.6. The molecule has 0 heterocycles. The van der Waals surface area contributed by atoms with E-state index in [1.807, 2.05) is 0 Å². The number of nitrogens with one attached hydrogen (secondary N) is 3. The Hall–Kier alpha value is 0.0969. The fourth-order valence-electron chi connectivity index (χ4n) is 5.09. The minimum Gasteiger partial charge on any atom is -0.288 e. The fourth-order valence-corrected chi connectivity index (χ4v) is 6.32. The topological polar surface area (TPSA) is 36.1 Å². The molecule has 0 unspecified atom stereocenters. The third kappa shape index (κ3) is 5.84. The van der Waals surface area contributed by atoms with Gasteiger partial charge in [-0.1, -0.05) is 57.8 Å². The summed E-state index contributed by atoms with van der Waals surface area (Å²) in [6, 6.07) is 2.19. The van der Waals surface area contributed by atoms with Gasteiger partial charge >= 0.3 is 0 Å². The summed E-state index contributed by atoms with van der Waals surface area (Å²) < 4.78 is 0. The molecule has 4 heteroatoms. The first-order chi connectivity index (χ1) is 11.2. The summed E-state index contributed by atoms with van der Waals surface area (Å²) in [7, 11) is 1.14. The molecule has 0 bridgehead atoms. The van der Waals surface area contributed by atoms with Gasteiger partial charge in [-0.05, 0) is 38.5 Å². The van der Waals surface area contributed by atoms with Gasteiger partial charge in [-0.3, -0.25) is 16.0 Å². The summed E-state index contributed by atoms with van der Waals surface area (Å²) >= 11 is 0. The van der Waals surface area contributed by atoms with Crippen molar-refractivity contribution in [3.8, 4) is 0 Å². The summed E-state index contributed by atoms with van der Waals surface area (Å²) in [5.74, 6) is 0. The highest BCUT2D eigenvalue weighted by molar-refractivity contribution is 6.14. The van der Waals surface area contributed by atoms with Crippen LogP contribution in [0.25, 0.3) is 0 Å². The van der Waals surface area contributed by atoms with Gasteiger partial charge in [0.15, 0.2) is 0 Å². The maximum Gasteiger partial charge on any atom is 0.0977 e. The summed E-state index contributed by atoms with van der Waals surface area (Å²) in [5.41, 5.74) is 0.0615. The minimum absolute atomic E-state index is 0.0615. The van der Waals surface area contributed by atoms with Crippen LogP contribution in [-0.4, -0.2) is 33.8 Å². The van der Waals surface area contributed by atoms with E-state index in [9.17, 15) is 0 Å². The van der Waals surface area contributed by atoms with Gasteiger partial charge in [-0.15, -0.1) is 0 Å². The molecular weight excluding hydrogens is 298 g/mol. The van der Waals surface area contributed by atoms with Crippen LogP contribution in [0.1, 0.15) is 96.3 Å². The molecule has 3 nitrogen and oxygen atoms in total. The lowest BCUT2D eigenvalue weighted by atomic mass is 9.93. The fraction of sp³-hybridized carbons (Fsp3) is 1.00. The molecule has 0 radical (unpaired) electrons. The molecule has 0 aromatic rings. The molecule has 3 fully saturated rings. The van der Waals surface area contributed by atoms with E-state index in [1.165, 1.54) is 96.3 Å². The molecule has 0 aromatic heterocycles. The summed E-state index contributed by atoms with van der Waals surface area (Å²) in [4.78, 5) is 0. The molecule has 3 aliphatic rings. The monoisotopic (exact) mass is 337 g/mol. The van der Waals surface area contributed by atoms with E-state index < -0.39 is 0 Å². The van der Waals surface area contributed by atoms with Crippen LogP contribution in [0.4, 0.5) is 0 Å².